The average Bonchev–Trinajstić information content (AvgIpc) is 2.62. The lowest BCUT2D eigenvalue weighted by atomic mass is 9.78. The van der Waals surface area contributed by atoms with Gasteiger partial charge < -0.3 is 9.64 Å². The van der Waals surface area contributed by atoms with Gasteiger partial charge in [-0.25, -0.2) is 0 Å². The number of rotatable bonds is 5. The molecule has 2 aromatic carbocycles. The van der Waals surface area contributed by atoms with Crippen LogP contribution in [0.4, 0.5) is 0 Å². The second-order valence-electron chi connectivity index (χ2n) is 8.55. The Balaban J connectivity index is 1.68. The molecule has 2 heteroatoms. The maximum absolute atomic E-state index is 5.83. The molecule has 3 rings (SSSR count). The van der Waals surface area contributed by atoms with E-state index in [0.717, 1.165) is 19.5 Å². The van der Waals surface area contributed by atoms with E-state index in [4.69, 9.17) is 4.74 Å². The van der Waals surface area contributed by atoms with Gasteiger partial charge in [0, 0.05) is 18.5 Å². The summed E-state index contributed by atoms with van der Waals surface area (Å²) in [6, 6.07) is 19.9. The Morgan fingerprint density at radius 3 is 2.11 bits per heavy atom. The van der Waals surface area contributed by atoms with Crippen LogP contribution in [0.15, 0.2) is 66.4 Å². The first-order chi connectivity index (χ1) is 12.8. The molecule has 0 saturated carbocycles. The molecule has 1 saturated heterocycles. The van der Waals surface area contributed by atoms with Crippen molar-refractivity contribution in [3.8, 4) is 0 Å². The number of allylic oxidation sites excluding steroid dienone is 1. The molecule has 0 radical (unpaired) electrons. The molecule has 1 fully saturated rings. The molecule has 27 heavy (non-hydrogen) atoms. The molecular formula is C25H33NO. The molecule has 0 aromatic heterocycles. The lowest BCUT2D eigenvalue weighted by Crippen LogP contribution is -2.42. The van der Waals surface area contributed by atoms with Crippen molar-refractivity contribution in [2.24, 2.45) is 0 Å². The number of hydrogen-bond acceptors (Lipinski definition) is 2. The Labute approximate surface area is 164 Å². The van der Waals surface area contributed by atoms with Gasteiger partial charge in [-0.3, -0.25) is 0 Å². The van der Waals surface area contributed by atoms with Gasteiger partial charge in [-0.05, 0) is 50.1 Å². The van der Waals surface area contributed by atoms with Crippen molar-refractivity contribution in [1.82, 2.24) is 4.90 Å². The minimum atomic E-state index is 0.0186. The molecule has 0 N–H and O–H groups in total. The summed E-state index contributed by atoms with van der Waals surface area (Å²) in [6.45, 7) is 13.1. The zero-order chi connectivity index (χ0) is 19.4. The van der Waals surface area contributed by atoms with E-state index in [1.54, 1.807) is 0 Å². The monoisotopic (exact) mass is 363 g/mol. The molecule has 1 aliphatic heterocycles. The van der Waals surface area contributed by atoms with Crippen molar-refractivity contribution >= 4 is 0 Å². The molecule has 2 aromatic rings. The number of benzene rings is 2. The van der Waals surface area contributed by atoms with E-state index in [1.807, 2.05) is 0 Å². The van der Waals surface area contributed by atoms with Crippen molar-refractivity contribution in [1.29, 1.82) is 0 Å². The molecule has 2 nitrogen and oxygen atoms in total. The van der Waals surface area contributed by atoms with E-state index in [9.17, 15) is 0 Å². The minimum Gasteiger partial charge on any atom is -0.372 e. The van der Waals surface area contributed by atoms with Gasteiger partial charge >= 0.3 is 0 Å². The summed E-state index contributed by atoms with van der Waals surface area (Å²) < 4.78 is 5.83. The number of nitrogens with zero attached hydrogens (tertiary/aromatic N) is 1. The molecule has 1 heterocycles. The van der Waals surface area contributed by atoms with Gasteiger partial charge in [0.1, 0.15) is 0 Å². The fourth-order valence-electron chi connectivity index (χ4n) is 4.06. The summed E-state index contributed by atoms with van der Waals surface area (Å²) in [6.07, 6.45) is 3.92. The van der Waals surface area contributed by atoms with E-state index < -0.39 is 0 Å². The SMILES string of the molecule is C/C(=C\N1CC(C)OC(C)C1)Cc1ccc(C(C)(C)c2ccccc2)cc1. The zero-order valence-corrected chi connectivity index (χ0v) is 17.4. The second kappa shape index (κ2) is 8.31. The first-order valence-corrected chi connectivity index (χ1v) is 10.1. The maximum atomic E-state index is 5.83. The van der Waals surface area contributed by atoms with Crippen LogP contribution >= 0.6 is 0 Å². The fourth-order valence-corrected chi connectivity index (χ4v) is 4.06. The van der Waals surface area contributed by atoms with Crippen LogP contribution in [0, 0.1) is 0 Å². The second-order valence-corrected chi connectivity index (χ2v) is 8.55. The fraction of sp³-hybridized carbons (Fsp3) is 0.440. The predicted molar refractivity (Wildman–Crippen MR) is 114 cm³/mol. The minimum absolute atomic E-state index is 0.0186. The Morgan fingerprint density at radius 1 is 0.963 bits per heavy atom. The van der Waals surface area contributed by atoms with Crippen molar-refractivity contribution < 1.29 is 4.74 Å². The normalized spacial score (nSPS) is 21.4. The van der Waals surface area contributed by atoms with Crippen molar-refractivity contribution in [3.63, 3.8) is 0 Å². The van der Waals surface area contributed by atoms with Crippen LogP contribution < -0.4 is 0 Å². The van der Waals surface area contributed by atoms with Gasteiger partial charge in [0.05, 0.1) is 12.2 Å². The third-order valence-corrected chi connectivity index (χ3v) is 5.50. The van der Waals surface area contributed by atoms with E-state index in [1.165, 1.54) is 22.3 Å². The van der Waals surface area contributed by atoms with E-state index in [-0.39, 0.29) is 5.41 Å². The van der Waals surface area contributed by atoms with Crippen molar-refractivity contribution in [2.75, 3.05) is 13.1 Å². The van der Waals surface area contributed by atoms with Crippen LogP contribution in [0.1, 0.15) is 51.3 Å². The Bertz CT molecular complexity index is 751. The van der Waals surface area contributed by atoms with Crippen LogP contribution in [0.2, 0.25) is 0 Å². The van der Waals surface area contributed by atoms with Gasteiger partial charge in [0.15, 0.2) is 0 Å². The molecule has 2 atom stereocenters. The average molecular weight is 364 g/mol. The molecule has 2 unspecified atom stereocenters. The highest BCUT2D eigenvalue weighted by atomic mass is 16.5. The quantitative estimate of drug-likeness (QED) is 0.689. The van der Waals surface area contributed by atoms with Crippen LogP contribution in [-0.2, 0) is 16.6 Å². The van der Waals surface area contributed by atoms with Crippen LogP contribution in [-0.4, -0.2) is 30.2 Å². The molecule has 0 amide bonds. The van der Waals surface area contributed by atoms with Gasteiger partial charge in [-0.1, -0.05) is 74.0 Å². The largest absolute Gasteiger partial charge is 0.372 e. The highest BCUT2D eigenvalue weighted by Crippen LogP contribution is 2.31. The molecule has 144 valence electrons. The summed E-state index contributed by atoms with van der Waals surface area (Å²) in [5.74, 6) is 0. The first kappa shape index (κ1) is 19.7. The number of morpholine rings is 1. The first-order valence-electron chi connectivity index (χ1n) is 10.1. The summed E-state index contributed by atoms with van der Waals surface area (Å²) >= 11 is 0. The number of ether oxygens (including phenoxy) is 1. The Hall–Kier alpha value is -2.06. The van der Waals surface area contributed by atoms with Gasteiger partial charge in [0.25, 0.3) is 0 Å². The number of hydrogen-bond donors (Lipinski definition) is 0. The van der Waals surface area contributed by atoms with Crippen LogP contribution in [0.3, 0.4) is 0 Å². The lowest BCUT2D eigenvalue weighted by Gasteiger charge is -2.35. The molecule has 0 aliphatic carbocycles. The summed E-state index contributed by atoms with van der Waals surface area (Å²) in [5.41, 5.74) is 5.49. The smallest absolute Gasteiger partial charge is 0.0726 e. The van der Waals surface area contributed by atoms with Gasteiger partial charge in [-0.2, -0.15) is 0 Å². The van der Waals surface area contributed by atoms with E-state index in [0.29, 0.717) is 12.2 Å². The molecule has 1 aliphatic rings. The van der Waals surface area contributed by atoms with E-state index in [2.05, 4.69) is 100 Å². The molecular weight excluding hydrogens is 330 g/mol. The third-order valence-electron chi connectivity index (χ3n) is 5.50. The third kappa shape index (κ3) is 5.01. The van der Waals surface area contributed by atoms with Gasteiger partial charge in [-0.15, -0.1) is 0 Å². The Morgan fingerprint density at radius 2 is 1.52 bits per heavy atom. The standard InChI is InChI=1S/C25H33NO/c1-19(16-26-17-20(2)27-21(3)18-26)15-22-11-13-24(14-12-22)25(4,5)23-9-7-6-8-10-23/h6-14,16,20-21H,15,17-18H2,1-5H3/b19-16+. The van der Waals surface area contributed by atoms with Crippen LogP contribution in [0.5, 0.6) is 0 Å². The topological polar surface area (TPSA) is 12.5 Å². The lowest BCUT2D eigenvalue weighted by molar-refractivity contribution is -0.0543. The molecule has 0 bridgehead atoms. The van der Waals surface area contributed by atoms with Crippen molar-refractivity contribution in [2.45, 2.75) is 58.7 Å². The van der Waals surface area contributed by atoms with Crippen LogP contribution in [0.25, 0.3) is 0 Å². The zero-order valence-electron chi connectivity index (χ0n) is 17.4. The van der Waals surface area contributed by atoms with E-state index >= 15 is 0 Å². The summed E-state index contributed by atoms with van der Waals surface area (Å²) in [7, 11) is 0. The molecule has 0 spiro atoms. The highest BCUT2D eigenvalue weighted by Gasteiger charge is 2.23. The Kier molecular flexibility index (Phi) is 6.06. The maximum Gasteiger partial charge on any atom is 0.0726 e. The summed E-state index contributed by atoms with van der Waals surface area (Å²) in [4.78, 5) is 2.40. The van der Waals surface area contributed by atoms with Gasteiger partial charge in [0.2, 0.25) is 0 Å². The predicted octanol–water partition coefficient (Wildman–Crippen LogP) is 5.57. The summed E-state index contributed by atoms with van der Waals surface area (Å²) in [5, 5.41) is 0. The van der Waals surface area contributed by atoms with Crippen molar-refractivity contribution in [3.05, 3.63) is 83.1 Å². The highest BCUT2D eigenvalue weighted by molar-refractivity contribution is 5.39.